The summed E-state index contributed by atoms with van der Waals surface area (Å²) in [6.45, 7) is 8.12. The highest BCUT2D eigenvalue weighted by molar-refractivity contribution is 6.02. The molecule has 6 heterocycles. The van der Waals surface area contributed by atoms with E-state index in [0.29, 0.717) is 53.3 Å². The van der Waals surface area contributed by atoms with Crippen LogP contribution in [0.3, 0.4) is 0 Å². The Morgan fingerprint density at radius 1 is 1.04 bits per heavy atom. The van der Waals surface area contributed by atoms with E-state index < -0.39 is 17.2 Å². The van der Waals surface area contributed by atoms with Gasteiger partial charge in [0.15, 0.2) is 5.82 Å². The number of ether oxygens (including phenoxy) is 2. The summed E-state index contributed by atoms with van der Waals surface area (Å²) < 4.78 is 42.0. The number of fused-ring (bicyclic) bond motifs is 5. The summed E-state index contributed by atoms with van der Waals surface area (Å²) in [6.07, 6.45) is 13.8. The van der Waals surface area contributed by atoms with Gasteiger partial charge in [-0.15, -0.1) is 6.42 Å². The van der Waals surface area contributed by atoms with Crippen molar-refractivity contribution in [3.8, 4) is 29.6 Å². The topological polar surface area (TPSA) is 104 Å². The van der Waals surface area contributed by atoms with Crippen molar-refractivity contribution in [2.45, 2.75) is 89.1 Å². The fraction of sp³-hybridized carbons (Fsp3) is 0.487. The van der Waals surface area contributed by atoms with Crippen molar-refractivity contribution in [1.82, 2.24) is 24.8 Å². The highest BCUT2D eigenvalue weighted by atomic mass is 19.1. The first kappa shape index (κ1) is 34.8. The highest BCUT2D eigenvalue weighted by Gasteiger charge is 2.45. The number of anilines is 1. The first-order chi connectivity index (χ1) is 24.5. The van der Waals surface area contributed by atoms with Crippen LogP contribution in [0.2, 0.25) is 0 Å². The number of terminal acetylenes is 1. The predicted octanol–water partition coefficient (Wildman–Crippen LogP) is 6.31. The van der Waals surface area contributed by atoms with Crippen LogP contribution in [0.25, 0.3) is 32.9 Å². The number of aromatic nitrogens is 3. The maximum absolute atomic E-state index is 16.3. The second-order valence-electron chi connectivity index (χ2n) is 14.8. The summed E-state index contributed by atoms with van der Waals surface area (Å²) in [6, 6.07) is 9.26. The van der Waals surface area contributed by atoms with Gasteiger partial charge in [-0.3, -0.25) is 14.8 Å². The van der Waals surface area contributed by atoms with Crippen LogP contribution in [0.5, 0.6) is 6.01 Å². The van der Waals surface area contributed by atoms with Gasteiger partial charge in [-0.05, 0) is 77.3 Å². The summed E-state index contributed by atoms with van der Waals surface area (Å²) in [7, 11) is 1.42. The summed E-state index contributed by atoms with van der Waals surface area (Å²) in [5.41, 5.74) is -0.181. The molecule has 4 atom stereocenters. The van der Waals surface area contributed by atoms with Crippen LogP contribution in [0.1, 0.15) is 64.9 Å². The number of amides is 1. The van der Waals surface area contributed by atoms with Gasteiger partial charge >= 0.3 is 12.1 Å². The standard InChI is InChI=1S/C31H29F2N5O3.C8H15NO/c1-6-20-23(32)13-10-17-8-7-9-21(24(17)20)26-25(33)27-22(14-34-26)28(36-29(35-27)40-5)37-15-18-11-12-19(16-37)38(18)30(39)41-31(2,3)4;10-6-8-4-3-7-2-1-5-9(7)8/h1,7-10,13-14,18-19H,11-12,15-16H2,2-5H3;7-8,10H,1-6H2. The van der Waals surface area contributed by atoms with Gasteiger partial charge in [-0.25, -0.2) is 13.6 Å². The van der Waals surface area contributed by atoms with Gasteiger partial charge in [0.1, 0.15) is 28.4 Å². The molecule has 51 heavy (non-hydrogen) atoms. The third-order valence-electron chi connectivity index (χ3n) is 10.5. The van der Waals surface area contributed by atoms with Crippen molar-refractivity contribution in [2.75, 3.05) is 38.3 Å². The predicted molar refractivity (Wildman–Crippen MR) is 192 cm³/mol. The van der Waals surface area contributed by atoms with Crippen molar-refractivity contribution in [1.29, 1.82) is 0 Å². The number of benzene rings is 2. The Morgan fingerprint density at radius 3 is 2.47 bits per heavy atom. The molecule has 0 spiro atoms. The number of carbonyl (C=O) groups excluding carboxylic acids is 1. The number of aliphatic hydroxyl groups excluding tert-OH is 1. The molecule has 4 aromatic rings. The third-order valence-corrected chi connectivity index (χ3v) is 10.5. The lowest BCUT2D eigenvalue weighted by Gasteiger charge is -2.42. The number of methoxy groups -OCH3 is 1. The quantitative estimate of drug-likeness (QED) is 0.246. The number of hydrogen-bond donors (Lipinski definition) is 1. The molecule has 2 aromatic heterocycles. The maximum Gasteiger partial charge on any atom is 0.410 e. The summed E-state index contributed by atoms with van der Waals surface area (Å²) in [4.78, 5) is 32.7. The van der Waals surface area contributed by atoms with Crippen LogP contribution in [0, 0.1) is 24.0 Å². The van der Waals surface area contributed by atoms with E-state index in [1.807, 2.05) is 30.6 Å². The number of hydrogen-bond acceptors (Lipinski definition) is 9. The lowest BCUT2D eigenvalue weighted by molar-refractivity contribution is 0.0122. The van der Waals surface area contributed by atoms with Crippen LogP contribution in [0.4, 0.5) is 19.4 Å². The van der Waals surface area contributed by atoms with Gasteiger partial charge in [0, 0.05) is 42.3 Å². The zero-order valence-electron chi connectivity index (χ0n) is 29.5. The van der Waals surface area contributed by atoms with E-state index in [-0.39, 0.29) is 41.0 Å². The van der Waals surface area contributed by atoms with Crippen LogP contribution >= 0.6 is 0 Å². The largest absolute Gasteiger partial charge is 0.467 e. The van der Waals surface area contributed by atoms with Crippen LogP contribution in [-0.4, -0.2) is 99.1 Å². The van der Waals surface area contributed by atoms with Gasteiger partial charge in [0.2, 0.25) is 0 Å². The number of pyridine rings is 1. The summed E-state index contributed by atoms with van der Waals surface area (Å²) >= 11 is 0. The molecule has 2 aromatic carbocycles. The van der Waals surface area contributed by atoms with E-state index in [1.165, 1.54) is 51.6 Å². The average Bonchev–Trinajstić information content (AvgIpc) is 3.81. The van der Waals surface area contributed by atoms with Gasteiger partial charge < -0.3 is 19.5 Å². The molecular weight excluding hydrogens is 654 g/mol. The van der Waals surface area contributed by atoms with E-state index >= 15 is 4.39 Å². The van der Waals surface area contributed by atoms with Crippen molar-refractivity contribution < 1.29 is 28.2 Å². The number of nitrogens with zero attached hydrogens (tertiary/aromatic N) is 6. The minimum absolute atomic E-state index is 0.00116. The Bertz CT molecular complexity index is 2000. The monoisotopic (exact) mass is 698 g/mol. The average molecular weight is 699 g/mol. The molecule has 0 aliphatic carbocycles. The first-order valence-electron chi connectivity index (χ1n) is 17.7. The third kappa shape index (κ3) is 6.53. The maximum atomic E-state index is 16.3. The second-order valence-corrected chi connectivity index (χ2v) is 14.8. The Hall–Kier alpha value is -4.60. The second kappa shape index (κ2) is 13.8. The van der Waals surface area contributed by atoms with E-state index in [1.54, 1.807) is 24.3 Å². The molecule has 0 saturated carbocycles. The lowest BCUT2D eigenvalue weighted by atomic mass is 9.96. The Labute approximate surface area is 296 Å². The van der Waals surface area contributed by atoms with E-state index in [0.717, 1.165) is 18.9 Å². The first-order valence-corrected chi connectivity index (χ1v) is 17.7. The fourth-order valence-corrected chi connectivity index (χ4v) is 8.32. The molecule has 4 fully saturated rings. The molecule has 268 valence electrons. The normalized spacial score (nSPS) is 22.9. The van der Waals surface area contributed by atoms with Gasteiger partial charge in [0.25, 0.3) is 0 Å². The number of rotatable bonds is 4. The number of aliphatic hydroxyl groups is 1. The number of halogens is 2. The van der Waals surface area contributed by atoms with E-state index in [9.17, 15) is 9.18 Å². The zero-order valence-corrected chi connectivity index (χ0v) is 29.5. The van der Waals surface area contributed by atoms with Crippen molar-refractivity contribution >= 4 is 33.6 Å². The SMILES string of the molecule is C#Cc1c(F)ccc2cccc(-c3ncc4c(N5CC6CCC(C5)N6C(=O)OC(C)(C)C)nc(OC)nc4c3F)c12.OCC1CCC2CCCN12. The fourth-order valence-electron chi connectivity index (χ4n) is 8.32. The van der Waals surface area contributed by atoms with E-state index in [2.05, 4.69) is 25.8 Å². The number of carbonyl (C=O) groups is 1. The minimum atomic E-state index is -0.695. The van der Waals surface area contributed by atoms with Crippen molar-refractivity contribution in [3.05, 3.63) is 53.7 Å². The highest BCUT2D eigenvalue weighted by Crippen LogP contribution is 2.39. The molecular formula is C39H44F2N6O4. The van der Waals surface area contributed by atoms with Crippen molar-refractivity contribution in [3.63, 3.8) is 0 Å². The minimum Gasteiger partial charge on any atom is -0.467 e. The molecule has 1 amide bonds. The van der Waals surface area contributed by atoms with Gasteiger partial charge in [-0.2, -0.15) is 9.97 Å². The molecule has 4 unspecified atom stereocenters. The van der Waals surface area contributed by atoms with Crippen LogP contribution in [-0.2, 0) is 4.74 Å². The summed E-state index contributed by atoms with van der Waals surface area (Å²) in [5, 5.41) is 10.4. The molecule has 4 saturated heterocycles. The number of piperazine rings is 1. The van der Waals surface area contributed by atoms with Crippen molar-refractivity contribution in [2.24, 2.45) is 0 Å². The molecule has 4 aliphatic rings. The Morgan fingerprint density at radius 2 is 1.78 bits per heavy atom. The van der Waals surface area contributed by atoms with Crippen LogP contribution < -0.4 is 9.64 Å². The molecule has 0 radical (unpaired) electrons. The Balaban J connectivity index is 0.000000347. The Kier molecular flexibility index (Phi) is 9.46. The lowest BCUT2D eigenvalue weighted by Crippen LogP contribution is -2.57. The molecule has 1 N–H and O–H groups in total. The molecule has 8 rings (SSSR count). The molecule has 2 bridgehead atoms. The molecule has 4 aliphatic heterocycles. The summed E-state index contributed by atoms with van der Waals surface area (Å²) in [5.74, 6) is 1.61. The van der Waals surface area contributed by atoms with E-state index in [4.69, 9.17) is 21.0 Å². The molecule has 10 nitrogen and oxygen atoms in total. The van der Waals surface area contributed by atoms with Gasteiger partial charge in [0.05, 0.1) is 36.8 Å². The van der Waals surface area contributed by atoms with Crippen LogP contribution in [0.15, 0.2) is 36.5 Å². The zero-order chi connectivity index (χ0) is 36.0. The van der Waals surface area contributed by atoms with Gasteiger partial charge in [-0.1, -0.05) is 30.2 Å². The smallest absolute Gasteiger partial charge is 0.410 e. The molecule has 12 heteroatoms.